The van der Waals surface area contributed by atoms with Gasteiger partial charge in [0.05, 0.1) is 11.2 Å². The Morgan fingerprint density at radius 2 is 2.00 bits per heavy atom. The second-order valence-corrected chi connectivity index (χ2v) is 9.65. The molecule has 3 aliphatic heterocycles. The zero-order valence-corrected chi connectivity index (χ0v) is 18.0. The molecule has 144 valence electrons. The monoisotopic (exact) mass is 449 g/mol. The van der Waals surface area contributed by atoms with Crippen LogP contribution in [-0.2, 0) is 10.3 Å². The molecule has 3 fully saturated rings. The summed E-state index contributed by atoms with van der Waals surface area (Å²) in [4.78, 5) is 19.6. The number of aromatic nitrogens is 1. The van der Waals surface area contributed by atoms with E-state index in [2.05, 4.69) is 26.1 Å². The molecule has 0 radical (unpaired) electrons. The van der Waals surface area contributed by atoms with Crippen molar-refractivity contribution in [3.63, 3.8) is 0 Å². The van der Waals surface area contributed by atoms with Gasteiger partial charge in [-0.3, -0.25) is 4.90 Å². The number of carbonyl (C=O) groups is 1. The number of benzene rings is 1. The van der Waals surface area contributed by atoms with Crippen molar-refractivity contribution < 1.29 is 9.53 Å². The lowest BCUT2D eigenvalue weighted by Crippen LogP contribution is -2.53. The van der Waals surface area contributed by atoms with E-state index < -0.39 is 5.54 Å². The number of nitrogens with zero attached hydrogens (tertiary/aromatic N) is 2. The summed E-state index contributed by atoms with van der Waals surface area (Å²) in [6, 6.07) is 8.08. The lowest BCUT2D eigenvalue weighted by Gasteiger charge is -2.44. The zero-order valence-electron chi connectivity index (χ0n) is 15.6. The summed E-state index contributed by atoms with van der Waals surface area (Å²) in [5, 5.41) is 5.96. The summed E-state index contributed by atoms with van der Waals surface area (Å²) in [6.07, 6.45) is 1.92. The average molecular weight is 450 g/mol. The van der Waals surface area contributed by atoms with Crippen LogP contribution in [0.1, 0.15) is 32.4 Å². The van der Waals surface area contributed by atoms with Gasteiger partial charge in [-0.25, -0.2) is 9.78 Å². The fraction of sp³-hybridized carbons (Fsp3) is 0.500. The van der Waals surface area contributed by atoms with Gasteiger partial charge in [-0.05, 0) is 57.8 Å². The molecular formula is C20H24BrN3O2S. The van der Waals surface area contributed by atoms with Gasteiger partial charge in [0.15, 0.2) is 0 Å². The van der Waals surface area contributed by atoms with Crippen molar-refractivity contribution in [2.24, 2.45) is 5.92 Å². The lowest BCUT2D eigenvalue weighted by atomic mass is 9.86. The number of hydrogen-bond acceptors (Lipinski definition) is 5. The first-order valence-electron chi connectivity index (χ1n) is 9.34. The van der Waals surface area contributed by atoms with Crippen molar-refractivity contribution in [3.8, 4) is 10.6 Å². The van der Waals surface area contributed by atoms with Gasteiger partial charge in [0.1, 0.15) is 11.1 Å². The molecule has 2 aromatic rings. The van der Waals surface area contributed by atoms with Crippen LogP contribution >= 0.6 is 27.3 Å². The van der Waals surface area contributed by atoms with Crippen molar-refractivity contribution in [1.29, 1.82) is 0 Å². The summed E-state index contributed by atoms with van der Waals surface area (Å²) in [7, 11) is 0. The Labute approximate surface area is 172 Å². The predicted molar refractivity (Wildman–Crippen MR) is 111 cm³/mol. The van der Waals surface area contributed by atoms with Crippen molar-refractivity contribution in [2.75, 3.05) is 19.6 Å². The molecule has 5 rings (SSSR count). The van der Waals surface area contributed by atoms with E-state index in [1.165, 1.54) is 0 Å². The first-order chi connectivity index (χ1) is 12.9. The van der Waals surface area contributed by atoms with Crippen molar-refractivity contribution in [3.05, 3.63) is 39.8 Å². The number of ether oxygens (including phenoxy) is 1. The highest BCUT2D eigenvalue weighted by Crippen LogP contribution is 2.31. The molecule has 27 heavy (non-hydrogen) atoms. The fourth-order valence-electron chi connectivity index (χ4n) is 3.82. The molecule has 1 aromatic heterocycles. The molecule has 3 saturated heterocycles. The Hall–Kier alpha value is -1.44. The molecule has 3 aliphatic rings. The summed E-state index contributed by atoms with van der Waals surface area (Å²) < 4.78 is 6.81. The maximum Gasteiger partial charge on any atom is 0.408 e. The standard InChI is InChI=1S/C20H24BrN3O2S/c1-20(2,17-12-27-18(22-17)14-3-5-15(21)6-4-14)23-19(25)26-16-11-24-9-7-13(16)8-10-24/h3-6,12-13,16H,7-11H2,1-2H3,(H,23,25)/t16-/m1/s1. The van der Waals surface area contributed by atoms with Gasteiger partial charge in [-0.15, -0.1) is 11.3 Å². The predicted octanol–water partition coefficient (Wildman–Crippen LogP) is 4.63. The molecular weight excluding hydrogens is 426 g/mol. The Balaban J connectivity index is 1.41. The summed E-state index contributed by atoms with van der Waals surface area (Å²) in [5.41, 5.74) is 1.33. The number of hydrogen-bond donors (Lipinski definition) is 1. The molecule has 1 N–H and O–H groups in total. The second kappa shape index (κ2) is 7.53. The van der Waals surface area contributed by atoms with Crippen LogP contribution in [0.4, 0.5) is 4.79 Å². The zero-order chi connectivity index (χ0) is 19.0. The fourth-order valence-corrected chi connectivity index (χ4v) is 5.07. The van der Waals surface area contributed by atoms with Crippen molar-refractivity contribution >= 4 is 33.4 Å². The van der Waals surface area contributed by atoms with E-state index in [1.807, 2.05) is 43.5 Å². The minimum atomic E-state index is -0.588. The topological polar surface area (TPSA) is 54.5 Å². The number of halogens is 1. The minimum absolute atomic E-state index is 0.0112. The van der Waals surface area contributed by atoms with Gasteiger partial charge in [-0.1, -0.05) is 28.1 Å². The number of rotatable bonds is 4. The number of piperidine rings is 3. The molecule has 0 aliphatic carbocycles. The van der Waals surface area contributed by atoms with E-state index in [0.717, 1.165) is 53.2 Å². The molecule has 1 aromatic carbocycles. The summed E-state index contributed by atoms with van der Waals surface area (Å²) in [6.45, 7) is 7.06. The van der Waals surface area contributed by atoms with Crippen LogP contribution in [-0.4, -0.2) is 41.7 Å². The molecule has 5 nitrogen and oxygen atoms in total. The minimum Gasteiger partial charge on any atom is -0.445 e. The third-order valence-electron chi connectivity index (χ3n) is 5.50. The SMILES string of the molecule is CC(C)(NC(=O)O[C@@H]1CN2CCC1CC2)c1csc(-c2ccc(Br)cc2)n1. The van der Waals surface area contributed by atoms with Gasteiger partial charge < -0.3 is 10.1 Å². The van der Waals surface area contributed by atoms with Gasteiger partial charge in [-0.2, -0.15) is 0 Å². The van der Waals surface area contributed by atoms with Crippen molar-refractivity contribution in [2.45, 2.75) is 38.3 Å². The molecule has 1 amide bonds. The van der Waals surface area contributed by atoms with Crippen LogP contribution in [0.3, 0.4) is 0 Å². The molecule has 0 unspecified atom stereocenters. The van der Waals surface area contributed by atoms with E-state index >= 15 is 0 Å². The Morgan fingerprint density at radius 3 is 2.63 bits per heavy atom. The number of thiazole rings is 1. The first kappa shape index (κ1) is 18.9. The third kappa shape index (κ3) is 4.20. The van der Waals surface area contributed by atoms with Gasteiger partial charge in [0.25, 0.3) is 0 Å². The summed E-state index contributed by atoms with van der Waals surface area (Å²) in [5.74, 6) is 0.507. The van der Waals surface area contributed by atoms with Crippen LogP contribution in [0.5, 0.6) is 0 Å². The summed E-state index contributed by atoms with van der Waals surface area (Å²) >= 11 is 5.04. The van der Waals surface area contributed by atoms with Crippen LogP contribution in [0, 0.1) is 5.92 Å². The third-order valence-corrected chi connectivity index (χ3v) is 6.92. The van der Waals surface area contributed by atoms with Crippen LogP contribution in [0.25, 0.3) is 10.6 Å². The number of carbonyl (C=O) groups excluding carboxylic acids is 1. The van der Waals surface area contributed by atoms with Crippen molar-refractivity contribution in [1.82, 2.24) is 15.2 Å². The number of alkyl carbamates (subject to hydrolysis) is 1. The van der Waals surface area contributed by atoms with E-state index in [4.69, 9.17) is 9.72 Å². The van der Waals surface area contributed by atoms with E-state index in [-0.39, 0.29) is 12.2 Å². The maximum atomic E-state index is 12.5. The highest BCUT2D eigenvalue weighted by Gasteiger charge is 2.37. The van der Waals surface area contributed by atoms with Gasteiger partial charge >= 0.3 is 6.09 Å². The first-order valence-corrected chi connectivity index (χ1v) is 11.0. The second-order valence-electron chi connectivity index (χ2n) is 7.88. The Bertz CT molecular complexity index is 813. The highest BCUT2D eigenvalue weighted by molar-refractivity contribution is 9.10. The number of amides is 1. The quantitative estimate of drug-likeness (QED) is 0.738. The smallest absolute Gasteiger partial charge is 0.408 e. The molecule has 1 atom stereocenters. The molecule has 2 bridgehead atoms. The Morgan fingerprint density at radius 1 is 1.30 bits per heavy atom. The van der Waals surface area contributed by atoms with E-state index in [1.54, 1.807) is 11.3 Å². The van der Waals surface area contributed by atoms with Crippen LogP contribution in [0.15, 0.2) is 34.1 Å². The largest absolute Gasteiger partial charge is 0.445 e. The van der Waals surface area contributed by atoms with Crippen LogP contribution < -0.4 is 5.32 Å². The molecule has 0 saturated carbocycles. The number of nitrogens with one attached hydrogen (secondary N) is 1. The highest BCUT2D eigenvalue weighted by atomic mass is 79.9. The molecule has 4 heterocycles. The molecule has 7 heteroatoms. The Kier molecular flexibility index (Phi) is 5.27. The molecule has 0 spiro atoms. The van der Waals surface area contributed by atoms with E-state index in [0.29, 0.717) is 5.92 Å². The van der Waals surface area contributed by atoms with Gasteiger partial charge in [0, 0.05) is 22.0 Å². The van der Waals surface area contributed by atoms with E-state index in [9.17, 15) is 4.79 Å². The van der Waals surface area contributed by atoms with Crippen LogP contribution in [0.2, 0.25) is 0 Å². The average Bonchev–Trinajstić information content (AvgIpc) is 3.14. The lowest BCUT2D eigenvalue weighted by molar-refractivity contribution is -0.0350. The normalized spacial score (nSPS) is 24.6. The van der Waals surface area contributed by atoms with Gasteiger partial charge in [0.2, 0.25) is 0 Å². The number of fused-ring (bicyclic) bond motifs is 3. The maximum absolute atomic E-state index is 12.5.